The Hall–Kier alpha value is -0.460. The standard InChI is InChI=1S/C3H6NO4S/c5-3-1-2-4-9(6,7)8/h4H,1-2H2,(H,6,7,8). The van der Waals surface area contributed by atoms with Crippen LogP contribution in [0.1, 0.15) is 6.42 Å². The highest BCUT2D eigenvalue weighted by Crippen LogP contribution is 1.73. The smallest absolute Gasteiger partial charge is 0.291 e. The number of hydrogen-bond donors (Lipinski definition) is 2. The van der Waals surface area contributed by atoms with Crippen LogP contribution in [0.5, 0.6) is 0 Å². The molecule has 0 heterocycles. The molecule has 0 aromatic heterocycles. The van der Waals surface area contributed by atoms with E-state index in [2.05, 4.69) is 0 Å². The van der Waals surface area contributed by atoms with E-state index < -0.39 is 10.3 Å². The molecule has 0 saturated heterocycles. The third-order valence-corrected chi connectivity index (χ3v) is 1.08. The van der Waals surface area contributed by atoms with E-state index in [0.29, 0.717) is 0 Å². The quantitative estimate of drug-likeness (QED) is 0.394. The minimum absolute atomic E-state index is 0.0558. The molecular formula is C3H6NO4S. The zero-order valence-corrected chi connectivity index (χ0v) is 5.31. The molecule has 0 bridgehead atoms. The molecule has 0 unspecified atom stereocenters. The van der Waals surface area contributed by atoms with Crippen molar-refractivity contribution >= 4 is 16.6 Å². The average molecular weight is 152 g/mol. The molecule has 0 spiro atoms. The summed E-state index contributed by atoms with van der Waals surface area (Å²) in [5.41, 5.74) is 0. The van der Waals surface area contributed by atoms with E-state index in [1.54, 1.807) is 4.72 Å². The van der Waals surface area contributed by atoms with Gasteiger partial charge in [-0.3, -0.25) is 9.35 Å². The SMILES string of the molecule is O=[C]CCNS(=O)(=O)O. The van der Waals surface area contributed by atoms with Crippen LogP contribution in [-0.4, -0.2) is 25.8 Å². The van der Waals surface area contributed by atoms with Crippen LogP contribution in [0.15, 0.2) is 0 Å². The molecule has 2 N–H and O–H groups in total. The summed E-state index contributed by atoms with van der Waals surface area (Å²) in [4.78, 5) is 9.45. The van der Waals surface area contributed by atoms with Gasteiger partial charge in [0.05, 0.1) is 0 Å². The van der Waals surface area contributed by atoms with Crippen molar-refractivity contribution in [3.05, 3.63) is 0 Å². The van der Waals surface area contributed by atoms with Crippen LogP contribution < -0.4 is 4.72 Å². The summed E-state index contributed by atoms with van der Waals surface area (Å²) in [6, 6.07) is 0. The highest BCUT2D eigenvalue weighted by molar-refractivity contribution is 7.83. The van der Waals surface area contributed by atoms with E-state index in [0.717, 1.165) is 0 Å². The van der Waals surface area contributed by atoms with E-state index in [-0.39, 0.29) is 13.0 Å². The summed E-state index contributed by atoms with van der Waals surface area (Å²) in [6.45, 7) is -0.109. The minimum atomic E-state index is -4.13. The molecule has 0 aromatic carbocycles. The molecule has 6 heteroatoms. The number of nitrogens with one attached hydrogen (secondary N) is 1. The average Bonchev–Trinajstić information content (AvgIpc) is 1.63. The number of rotatable bonds is 4. The van der Waals surface area contributed by atoms with Gasteiger partial charge in [0.25, 0.3) is 0 Å². The molecule has 0 aliphatic carbocycles. The van der Waals surface area contributed by atoms with Crippen molar-refractivity contribution < 1.29 is 17.8 Å². The fraction of sp³-hybridized carbons (Fsp3) is 0.667. The molecule has 1 radical (unpaired) electrons. The van der Waals surface area contributed by atoms with Gasteiger partial charge in [-0.2, -0.15) is 13.1 Å². The van der Waals surface area contributed by atoms with Gasteiger partial charge < -0.3 is 0 Å². The highest BCUT2D eigenvalue weighted by atomic mass is 32.2. The van der Waals surface area contributed by atoms with Gasteiger partial charge in [0.15, 0.2) is 6.29 Å². The summed E-state index contributed by atoms with van der Waals surface area (Å²) in [5, 5.41) is 0. The van der Waals surface area contributed by atoms with E-state index in [1.165, 1.54) is 6.29 Å². The summed E-state index contributed by atoms with van der Waals surface area (Å²) < 4.78 is 29.3. The Labute approximate surface area is 52.9 Å². The van der Waals surface area contributed by atoms with Gasteiger partial charge in [0, 0.05) is 13.0 Å². The third kappa shape index (κ3) is 7.54. The van der Waals surface area contributed by atoms with Crippen molar-refractivity contribution in [1.82, 2.24) is 4.72 Å². The highest BCUT2D eigenvalue weighted by Gasteiger charge is 1.99. The molecule has 5 nitrogen and oxygen atoms in total. The molecule has 9 heavy (non-hydrogen) atoms. The molecule has 0 rings (SSSR count). The Morgan fingerprint density at radius 1 is 1.56 bits per heavy atom. The first-order valence-electron chi connectivity index (χ1n) is 2.13. The lowest BCUT2D eigenvalue weighted by Crippen LogP contribution is -2.23. The second kappa shape index (κ2) is 3.54. The molecule has 0 aliphatic heterocycles. The molecule has 0 aliphatic rings. The van der Waals surface area contributed by atoms with Gasteiger partial charge in [-0.25, -0.2) is 0 Å². The monoisotopic (exact) mass is 152 g/mol. The summed E-state index contributed by atoms with van der Waals surface area (Å²) in [7, 11) is -4.13. The maximum absolute atomic E-state index is 9.82. The first kappa shape index (κ1) is 8.54. The maximum atomic E-state index is 9.82. The second-order valence-electron chi connectivity index (χ2n) is 1.26. The zero-order valence-electron chi connectivity index (χ0n) is 4.49. The van der Waals surface area contributed by atoms with Crippen LogP contribution in [0.3, 0.4) is 0 Å². The fourth-order valence-electron chi connectivity index (χ4n) is 0.231. The van der Waals surface area contributed by atoms with Crippen LogP contribution >= 0.6 is 0 Å². The molecule has 0 saturated carbocycles. The predicted octanol–water partition coefficient (Wildman–Crippen LogP) is -1.12. The molecular weight excluding hydrogens is 146 g/mol. The van der Waals surface area contributed by atoms with Crippen LogP contribution in [0.2, 0.25) is 0 Å². The van der Waals surface area contributed by atoms with Gasteiger partial charge >= 0.3 is 10.3 Å². The topological polar surface area (TPSA) is 83.5 Å². The number of hydrogen-bond acceptors (Lipinski definition) is 3. The Morgan fingerprint density at radius 3 is 2.44 bits per heavy atom. The lowest BCUT2D eigenvalue weighted by Gasteiger charge is -1.93. The lowest BCUT2D eigenvalue weighted by molar-refractivity contribution is 0.468. The van der Waals surface area contributed by atoms with E-state index in [1.807, 2.05) is 0 Å². The first-order valence-corrected chi connectivity index (χ1v) is 3.57. The predicted molar refractivity (Wildman–Crippen MR) is 29.9 cm³/mol. The van der Waals surface area contributed by atoms with Gasteiger partial charge in [-0.1, -0.05) is 0 Å². The van der Waals surface area contributed by atoms with Gasteiger partial charge in [0.1, 0.15) is 0 Å². The summed E-state index contributed by atoms with van der Waals surface area (Å²) >= 11 is 0. The van der Waals surface area contributed by atoms with Crippen LogP contribution in [0.25, 0.3) is 0 Å². The largest absolute Gasteiger partial charge is 0.333 e. The van der Waals surface area contributed by atoms with Crippen molar-refractivity contribution in [2.45, 2.75) is 6.42 Å². The van der Waals surface area contributed by atoms with Crippen molar-refractivity contribution in [2.24, 2.45) is 0 Å². The van der Waals surface area contributed by atoms with Gasteiger partial charge in [-0.05, 0) is 0 Å². The normalized spacial score (nSPS) is 11.2. The number of carbonyl (C=O) groups excluding carboxylic acids is 1. The molecule has 53 valence electrons. The second-order valence-corrected chi connectivity index (χ2v) is 2.50. The fourth-order valence-corrected chi connectivity index (χ4v) is 0.591. The summed E-state index contributed by atoms with van der Waals surface area (Å²) in [5.74, 6) is 0. The third-order valence-electron chi connectivity index (χ3n) is 0.512. The Balaban J connectivity index is 3.40. The van der Waals surface area contributed by atoms with Crippen LogP contribution in [-0.2, 0) is 15.1 Å². The maximum Gasteiger partial charge on any atom is 0.333 e. The molecule has 0 atom stereocenters. The summed E-state index contributed by atoms with van der Waals surface area (Å²) in [6.07, 6.45) is 1.40. The molecule has 0 fully saturated rings. The first-order chi connectivity index (χ1) is 4.06. The van der Waals surface area contributed by atoms with E-state index in [4.69, 9.17) is 4.55 Å². The Kier molecular flexibility index (Phi) is 3.36. The van der Waals surface area contributed by atoms with Gasteiger partial charge in [-0.15, -0.1) is 0 Å². The van der Waals surface area contributed by atoms with Crippen molar-refractivity contribution in [3.63, 3.8) is 0 Å². The van der Waals surface area contributed by atoms with Crippen molar-refractivity contribution in [1.29, 1.82) is 0 Å². The van der Waals surface area contributed by atoms with Crippen LogP contribution in [0, 0.1) is 0 Å². The van der Waals surface area contributed by atoms with Gasteiger partial charge in [0.2, 0.25) is 0 Å². The van der Waals surface area contributed by atoms with Crippen molar-refractivity contribution in [2.75, 3.05) is 6.54 Å². The zero-order chi connectivity index (χ0) is 7.33. The van der Waals surface area contributed by atoms with E-state index in [9.17, 15) is 13.2 Å². The van der Waals surface area contributed by atoms with Crippen LogP contribution in [0.4, 0.5) is 0 Å². The molecule has 0 aromatic rings. The minimum Gasteiger partial charge on any atom is -0.291 e. The Bertz CT molecular complexity index is 172. The molecule has 0 amide bonds. The van der Waals surface area contributed by atoms with Crippen molar-refractivity contribution in [3.8, 4) is 0 Å². The lowest BCUT2D eigenvalue weighted by atomic mass is 10.5. The van der Waals surface area contributed by atoms with E-state index >= 15 is 0 Å². The Morgan fingerprint density at radius 2 is 2.11 bits per heavy atom.